The molecule has 3 saturated heterocycles. The van der Waals surface area contributed by atoms with Crippen LogP contribution in [0, 0.1) is 0 Å². The van der Waals surface area contributed by atoms with E-state index in [1.807, 2.05) is 0 Å². The van der Waals surface area contributed by atoms with Gasteiger partial charge in [0.2, 0.25) is 5.91 Å². The van der Waals surface area contributed by atoms with E-state index in [-0.39, 0.29) is 18.9 Å². The van der Waals surface area contributed by atoms with E-state index in [0.717, 1.165) is 44.9 Å². The summed E-state index contributed by atoms with van der Waals surface area (Å²) >= 11 is 0. The first-order valence-electron chi connectivity index (χ1n) is 49.8. The summed E-state index contributed by atoms with van der Waals surface area (Å²) in [5, 5.41) is 122. The third-order valence-corrected chi connectivity index (χ3v) is 25.4. The van der Waals surface area contributed by atoms with Gasteiger partial charge in [0.1, 0.15) is 73.2 Å². The topological polar surface area (TPSA) is 307 Å². The van der Waals surface area contributed by atoms with Crippen molar-refractivity contribution in [3.63, 3.8) is 0 Å². The molecular formula is C96H187NO18. The number of carbonyl (C=O) groups is 1. The van der Waals surface area contributed by atoms with Crippen LogP contribution in [0.15, 0.2) is 0 Å². The largest absolute Gasteiger partial charge is 0.394 e. The summed E-state index contributed by atoms with van der Waals surface area (Å²) in [4.78, 5) is 13.6. The quantitative estimate of drug-likeness (QED) is 0.0252. The molecule has 19 heteroatoms. The Morgan fingerprint density at radius 3 is 0.757 bits per heavy atom. The summed E-state index contributed by atoms with van der Waals surface area (Å²) in [7, 11) is 0. The van der Waals surface area contributed by atoms with Crippen molar-refractivity contribution in [2.45, 2.75) is 580 Å². The lowest BCUT2D eigenvalue weighted by Gasteiger charge is -2.48. The molecule has 684 valence electrons. The predicted octanol–water partition coefficient (Wildman–Crippen LogP) is 20.4. The Morgan fingerprint density at radius 2 is 0.496 bits per heavy atom. The molecule has 0 aliphatic carbocycles. The summed E-state index contributed by atoms with van der Waals surface area (Å²) in [5.74, 6) is -0.230. The SMILES string of the molecule is CCCCCCCCCCCCCCCCCCCCCCCCCCCCCCCCCCCCCCCCCCC(=O)NC(COC1OC(CO)C(OC2OC(CO)C(OC3OC(CO)C(O)C(O)C3O)C(O)C2O)C(O)C1O)C(O)CCCCCCCCCCCCCCCCCCCCCCCCCCCCCCCC. The third kappa shape index (κ3) is 54.2. The maximum Gasteiger partial charge on any atom is 0.220 e. The van der Waals surface area contributed by atoms with Gasteiger partial charge < -0.3 is 89.9 Å². The van der Waals surface area contributed by atoms with Crippen molar-refractivity contribution < 1.29 is 89.4 Å². The first-order chi connectivity index (χ1) is 56.3. The highest BCUT2D eigenvalue weighted by Crippen LogP contribution is 2.34. The first kappa shape index (κ1) is 108. The summed E-state index contributed by atoms with van der Waals surface area (Å²) in [6.07, 6.45) is 68.3. The molecule has 3 aliphatic heterocycles. The summed E-state index contributed by atoms with van der Waals surface area (Å²) in [6, 6.07) is -0.885. The predicted molar refractivity (Wildman–Crippen MR) is 467 cm³/mol. The van der Waals surface area contributed by atoms with Crippen molar-refractivity contribution in [3.8, 4) is 0 Å². The van der Waals surface area contributed by atoms with Gasteiger partial charge >= 0.3 is 0 Å². The number of unbranched alkanes of at least 4 members (excludes halogenated alkanes) is 68. The molecule has 12 N–H and O–H groups in total. The van der Waals surface area contributed by atoms with Gasteiger partial charge in [-0.25, -0.2) is 0 Å². The molecule has 3 fully saturated rings. The average molecular weight is 1640 g/mol. The van der Waals surface area contributed by atoms with Crippen molar-refractivity contribution in [1.82, 2.24) is 5.32 Å². The summed E-state index contributed by atoms with van der Waals surface area (Å²) < 4.78 is 34.7. The van der Waals surface area contributed by atoms with Crippen LogP contribution in [0.4, 0.5) is 0 Å². The second kappa shape index (κ2) is 76.4. The van der Waals surface area contributed by atoms with Gasteiger partial charge in [-0.15, -0.1) is 0 Å². The van der Waals surface area contributed by atoms with Crippen molar-refractivity contribution in [2.24, 2.45) is 0 Å². The van der Waals surface area contributed by atoms with Crippen LogP contribution in [0.1, 0.15) is 476 Å². The van der Waals surface area contributed by atoms with Crippen LogP contribution < -0.4 is 5.32 Å². The van der Waals surface area contributed by atoms with Crippen molar-refractivity contribution in [1.29, 1.82) is 0 Å². The Bertz CT molecular complexity index is 2070. The Labute approximate surface area is 704 Å². The number of hydrogen-bond donors (Lipinski definition) is 12. The fourth-order valence-electron chi connectivity index (χ4n) is 17.6. The van der Waals surface area contributed by atoms with Crippen LogP contribution in [0.2, 0.25) is 0 Å². The highest BCUT2D eigenvalue weighted by atomic mass is 16.8. The molecule has 0 radical (unpaired) electrons. The smallest absolute Gasteiger partial charge is 0.220 e. The van der Waals surface area contributed by atoms with E-state index >= 15 is 0 Å². The molecule has 0 saturated carbocycles. The lowest BCUT2D eigenvalue weighted by Crippen LogP contribution is -2.66. The number of aliphatic hydroxyl groups is 11. The molecule has 115 heavy (non-hydrogen) atoms. The maximum absolute atomic E-state index is 13.6. The number of ether oxygens (including phenoxy) is 6. The molecule has 1 amide bonds. The van der Waals surface area contributed by atoms with Crippen LogP contribution in [0.25, 0.3) is 0 Å². The number of amides is 1. The van der Waals surface area contributed by atoms with Gasteiger partial charge in [-0.05, 0) is 12.8 Å². The molecule has 17 unspecified atom stereocenters. The van der Waals surface area contributed by atoms with Gasteiger partial charge in [-0.2, -0.15) is 0 Å². The molecule has 0 bridgehead atoms. The summed E-state index contributed by atoms with van der Waals surface area (Å²) in [6.45, 7) is 1.90. The molecule has 0 aromatic heterocycles. The zero-order chi connectivity index (χ0) is 83.1. The third-order valence-electron chi connectivity index (χ3n) is 25.4. The van der Waals surface area contributed by atoms with E-state index in [9.17, 15) is 61.0 Å². The molecule has 0 aromatic rings. The van der Waals surface area contributed by atoms with Gasteiger partial charge in [0, 0.05) is 6.42 Å². The van der Waals surface area contributed by atoms with E-state index < -0.39 is 124 Å². The van der Waals surface area contributed by atoms with E-state index in [2.05, 4.69) is 19.2 Å². The highest BCUT2D eigenvalue weighted by molar-refractivity contribution is 5.76. The molecule has 17 atom stereocenters. The van der Waals surface area contributed by atoms with Crippen molar-refractivity contribution in [2.75, 3.05) is 26.4 Å². The fourth-order valence-corrected chi connectivity index (χ4v) is 17.6. The highest BCUT2D eigenvalue weighted by Gasteiger charge is 2.54. The Morgan fingerprint density at radius 1 is 0.278 bits per heavy atom. The van der Waals surface area contributed by atoms with E-state index in [1.54, 1.807) is 0 Å². The Kier molecular flexibility index (Phi) is 71.8. The van der Waals surface area contributed by atoms with Crippen LogP contribution in [0.3, 0.4) is 0 Å². The molecule has 3 heterocycles. The summed E-state index contributed by atoms with van der Waals surface area (Å²) in [5.41, 5.74) is 0. The van der Waals surface area contributed by atoms with Crippen LogP contribution in [-0.2, 0) is 33.2 Å². The second-order valence-corrected chi connectivity index (χ2v) is 36.0. The monoisotopic (exact) mass is 1640 g/mol. The van der Waals surface area contributed by atoms with Crippen LogP contribution in [-0.4, -0.2) is 193 Å². The minimum Gasteiger partial charge on any atom is -0.394 e. The second-order valence-electron chi connectivity index (χ2n) is 36.0. The maximum atomic E-state index is 13.6. The first-order valence-corrected chi connectivity index (χ1v) is 49.8. The molecule has 3 rings (SSSR count). The van der Waals surface area contributed by atoms with Crippen molar-refractivity contribution >= 4 is 5.91 Å². The van der Waals surface area contributed by atoms with E-state index in [4.69, 9.17) is 28.4 Å². The average Bonchev–Trinajstić information content (AvgIpc) is 0.667. The van der Waals surface area contributed by atoms with Gasteiger partial charge in [-0.1, -0.05) is 457 Å². The zero-order valence-corrected chi connectivity index (χ0v) is 74.3. The Hall–Kier alpha value is -1.21. The molecule has 0 aromatic carbocycles. The van der Waals surface area contributed by atoms with Gasteiger partial charge in [0.25, 0.3) is 0 Å². The minimum atomic E-state index is -1.97. The number of nitrogens with one attached hydrogen (secondary N) is 1. The number of carbonyl (C=O) groups excluding carboxylic acids is 1. The Balaban J connectivity index is 1.27. The van der Waals surface area contributed by atoms with Gasteiger partial charge in [0.05, 0.1) is 38.6 Å². The molecule has 0 spiro atoms. The lowest BCUT2D eigenvalue weighted by atomic mass is 9.96. The van der Waals surface area contributed by atoms with Crippen LogP contribution >= 0.6 is 0 Å². The van der Waals surface area contributed by atoms with E-state index in [0.29, 0.717) is 12.8 Å². The van der Waals surface area contributed by atoms with Crippen molar-refractivity contribution in [3.05, 3.63) is 0 Å². The molecule has 3 aliphatic rings. The number of aliphatic hydroxyl groups excluding tert-OH is 11. The fraction of sp³-hybridized carbons (Fsp3) is 0.990. The molecule has 19 nitrogen and oxygen atoms in total. The van der Waals surface area contributed by atoms with E-state index in [1.165, 1.54) is 398 Å². The minimum absolute atomic E-state index is 0.230. The standard InChI is InChI=1S/C96H187NO18/c1-3-5-7-9-11-13-15-17-19-21-23-25-27-29-31-33-35-36-37-38-39-40-41-42-43-44-46-48-50-52-54-56-58-60-62-64-66-68-70-72-74-84(102)97-79(80(101)73-71-69-67-65-63-61-59-57-55-53-51-49-47-45-34-32-30-28-26-24-22-20-18-16-14-12-10-8-6-4-2)78-110-94-90(108)87(105)92(82(76-99)112-94)115-96-91(109)88(106)93(83(77-100)113-96)114-95-89(107)86(104)85(103)81(75-98)111-95/h79-83,85-96,98-101,103-109H,3-78H2,1-2H3,(H,97,102). The number of rotatable bonds is 84. The normalized spacial score (nSPS) is 24.5. The lowest BCUT2D eigenvalue weighted by molar-refractivity contribution is -0.379. The van der Waals surface area contributed by atoms with Gasteiger partial charge in [0.15, 0.2) is 18.9 Å². The zero-order valence-electron chi connectivity index (χ0n) is 74.3. The number of hydrogen-bond acceptors (Lipinski definition) is 18. The van der Waals surface area contributed by atoms with Crippen LogP contribution in [0.5, 0.6) is 0 Å². The van der Waals surface area contributed by atoms with Gasteiger partial charge in [-0.3, -0.25) is 4.79 Å². The molecular weight excluding hydrogens is 1460 g/mol.